The Labute approximate surface area is 143 Å². The largest absolute Gasteiger partial charge is 0.481 e. The zero-order chi connectivity index (χ0) is 18.0. The van der Waals surface area contributed by atoms with E-state index in [-0.39, 0.29) is 0 Å². The average molecular weight is 381 g/mol. The molecule has 0 aliphatic carbocycles. The van der Waals surface area contributed by atoms with Gasteiger partial charge in [-0.1, -0.05) is 65.7 Å². The average Bonchev–Trinajstić information content (AvgIpc) is 2.40. The third-order valence-electron chi connectivity index (χ3n) is 2.04. The lowest BCUT2D eigenvalue weighted by Crippen LogP contribution is -1.89. The maximum Gasteiger partial charge on any atom is 0.394 e. The van der Waals surface area contributed by atoms with Gasteiger partial charge in [0.25, 0.3) is 5.97 Å². The molecule has 2 aromatic carbocycles. The predicted octanol–water partition coefficient (Wildman–Crippen LogP) is 4.10. The summed E-state index contributed by atoms with van der Waals surface area (Å²) in [7, 11) is -4.67. The van der Waals surface area contributed by atoms with Gasteiger partial charge in [0.2, 0.25) is 0 Å². The zero-order valence-electron chi connectivity index (χ0n) is 11.8. The van der Waals surface area contributed by atoms with Crippen LogP contribution in [0.5, 0.6) is 0 Å². The van der Waals surface area contributed by atoms with E-state index in [4.69, 9.17) is 50.6 Å². The molecule has 0 aliphatic heterocycles. The molecule has 0 radical (unpaired) electrons. The summed E-state index contributed by atoms with van der Waals surface area (Å²) in [6.07, 6.45) is 0. The van der Waals surface area contributed by atoms with Crippen molar-refractivity contribution in [3.63, 3.8) is 0 Å². The van der Waals surface area contributed by atoms with Gasteiger partial charge in [0.05, 0.1) is 10.0 Å². The van der Waals surface area contributed by atoms with E-state index in [1.54, 1.807) is 6.07 Å². The first-order valence-corrected chi connectivity index (χ1v) is 8.06. The molecule has 0 bridgehead atoms. The quantitative estimate of drug-likeness (QED) is 0.642. The van der Waals surface area contributed by atoms with Crippen molar-refractivity contribution in [3.05, 3.63) is 58.6 Å². The van der Waals surface area contributed by atoms with Gasteiger partial charge >= 0.3 is 10.4 Å². The molecule has 23 heavy (non-hydrogen) atoms. The Morgan fingerprint density at radius 3 is 1.83 bits per heavy atom. The summed E-state index contributed by atoms with van der Waals surface area (Å²) in [4.78, 5) is 9.00. The van der Waals surface area contributed by atoms with Gasteiger partial charge in [-0.15, -0.1) is 0 Å². The molecule has 0 atom stereocenters. The lowest BCUT2D eigenvalue weighted by Gasteiger charge is -2.04. The van der Waals surface area contributed by atoms with Crippen LogP contribution >= 0.6 is 23.2 Å². The number of rotatable bonds is 1. The summed E-state index contributed by atoms with van der Waals surface area (Å²) in [5.41, 5.74) is 2.06. The van der Waals surface area contributed by atoms with Gasteiger partial charge in [0, 0.05) is 12.5 Å². The van der Waals surface area contributed by atoms with Gasteiger partial charge in [-0.05, 0) is 11.6 Å². The lowest BCUT2D eigenvalue weighted by molar-refractivity contribution is -0.134. The number of aliphatic carboxylic acids is 1. The third kappa shape index (κ3) is 11.6. The van der Waals surface area contributed by atoms with E-state index in [1.807, 2.05) is 42.5 Å². The van der Waals surface area contributed by atoms with Gasteiger partial charge < -0.3 is 5.11 Å². The normalized spacial score (nSPS) is 9.78. The van der Waals surface area contributed by atoms with Crippen LogP contribution in [0.25, 0.3) is 11.1 Å². The fraction of sp³-hybridized carbons (Fsp3) is 0.0714. The maximum absolute atomic E-state index is 9.00. The van der Waals surface area contributed by atoms with Crippen LogP contribution in [0.15, 0.2) is 48.5 Å². The molecule has 0 aromatic heterocycles. The summed E-state index contributed by atoms with van der Waals surface area (Å²) in [5, 5.41) is 8.62. The van der Waals surface area contributed by atoms with Gasteiger partial charge in [0.15, 0.2) is 0 Å². The van der Waals surface area contributed by atoms with Gasteiger partial charge in [-0.3, -0.25) is 13.9 Å². The van der Waals surface area contributed by atoms with Crippen molar-refractivity contribution in [2.24, 2.45) is 0 Å². The monoisotopic (exact) mass is 380 g/mol. The van der Waals surface area contributed by atoms with Crippen LogP contribution in [0.3, 0.4) is 0 Å². The molecule has 0 heterocycles. The highest BCUT2D eigenvalue weighted by Crippen LogP contribution is 2.32. The van der Waals surface area contributed by atoms with Crippen molar-refractivity contribution in [1.82, 2.24) is 0 Å². The molecule has 6 nitrogen and oxygen atoms in total. The Hall–Kier alpha value is -1.64. The summed E-state index contributed by atoms with van der Waals surface area (Å²) in [5.74, 6) is -0.833. The van der Waals surface area contributed by atoms with E-state index in [0.717, 1.165) is 18.1 Å². The second-order valence-corrected chi connectivity index (χ2v) is 5.62. The number of hydrogen-bond donors (Lipinski definition) is 3. The molecule has 0 amide bonds. The van der Waals surface area contributed by atoms with Crippen LogP contribution in [0.2, 0.25) is 10.0 Å². The first-order valence-electron chi connectivity index (χ1n) is 5.91. The van der Waals surface area contributed by atoms with Crippen LogP contribution in [-0.4, -0.2) is 28.6 Å². The number of carboxylic acid groups (broad SMARTS) is 1. The van der Waals surface area contributed by atoms with E-state index < -0.39 is 16.4 Å². The van der Waals surface area contributed by atoms with Crippen LogP contribution < -0.4 is 0 Å². The van der Waals surface area contributed by atoms with E-state index >= 15 is 0 Å². The van der Waals surface area contributed by atoms with Crippen molar-refractivity contribution in [1.29, 1.82) is 0 Å². The highest BCUT2D eigenvalue weighted by Gasteiger charge is 2.05. The number of carbonyl (C=O) groups is 1. The molecule has 3 N–H and O–H groups in total. The van der Waals surface area contributed by atoms with E-state index in [1.165, 1.54) is 0 Å². The first-order chi connectivity index (χ1) is 10.5. The van der Waals surface area contributed by atoms with E-state index in [2.05, 4.69) is 0 Å². The summed E-state index contributed by atoms with van der Waals surface area (Å²) < 4.78 is 31.6. The summed E-state index contributed by atoms with van der Waals surface area (Å²) in [6.45, 7) is 1.08. The first kappa shape index (κ1) is 21.4. The van der Waals surface area contributed by atoms with E-state index in [0.29, 0.717) is 10.0 Å². The minimum Gasteiger partial charge on any atom is -0.481 e. The van der Waals surface area contributed by atoms with Crippen molar-refractivity contribution < 1.29 is 27.4 Å². The van der Waals surface area contributed by atoms with Crippen LogP contribution in [0.4, 0.5) is 0 Å². The highest BCUT2D eigenvalue weighted by atomic mass is 35.5. The van der Waals surface area contributed by atoms with Crippen LogP contribution in [0.1, 0.15) is 6.92 Å². The fourth-order valence-corrected chi connectivity index (χ4v) is 1.75. The number of hydrogen-bond acceptors (Lipinski definition) is 3. The maximum atomic E-state index is 9.00. The van der Waals surface area contributed by atoms with Crippen molar-refractivity contribution in [2.75, 3.05) is 0 Å². The van der Waals surface area contributed by atoms with Gasteiger partial charge in [0.1, 0.15) is 0 Å². The molecule has 0 unspecified atom stereocenters. The molecule has 0 spiro atoms. The second kappa shape index (κ2) is 10.2. The molecule has 0 fully saturated rings. The SMILES string of the molecule is CC(=O)O.Clc1cccc(-c2ccccc2)c1Cl.O=S(=O)(O)O. The number of carboxylic acids is 1. The lowest BCUT2D eigenvalue weighted by atomic mass is 10.1. The Bertz CT molecular complexity index is 720. The molecular weight excluding hydrogens is 367 g/mol. The Balaban J connectivity index is 0.000000450. The molecule has 126 valence electrons. The summed E-state index contributed by atoms with van der Waals surface area (Å²) in [6, 6.07) is 15.6. The molecule has 0 aliphatic rings. The van der Waals surface area contributed by atoms with Crippen LogP contribution in [-0.2, 0) is 15.2 Å². The highest BCUT2D eigenvalue weighted by molar-refractivity contribution is 7.79. The molecule has 2 rings (SSSR count). The van der Waals surface area contributed by atoms with Crippen molar-refractivity contribution in [3.8, 4) is 11.1 Å². The Morgan fingerprint density at radius 1 is 0.957 bits per heavy atom. The van der Waals surface area contributed by atoms with Gasteiger partial charge in [-0.25, -0.2) is 0 Å². The minimum atomic E-state index is -4.67. The summed E-state index contributed by atoms with van der Waals surface area (Å²) >= 11 is 12.0. The fourth-order valence-electron chi connectivity index (χ4n) is 1.34. The second-order valence-electron chi connectivity index (χ2n) is 3.93. The molecule has 2 aromatic rings. The Kier molecular flexibility index (Phi) is 9.47. The van der Waals surface area contributed by atoms with Crippen LogP contribution in [0, 0.1) is 0 Å². The third-order valence-corrected chi connectivity index (χ3v) is 2.86. The number of benzene rings is 2. The zero-order valence-corrected chi connectivity index (χ0v) is 14.2. The molecular formula is C14H14Cl2O6S. The molecule has 0 saturated carbocycles. The topological polar surface area (TPSA) is 112 Å². The number of halogens is 2. The smallest absolute Gasteiger partial charge is 0.394 e. The van der Waals surface area contributed by atoms with E-state index in [9.17, 15) is 0 Å². The predicted molar refractivity (Wildman–Crippen MR) is 89.4 cm³/mol. The molecule has 0 saturated heterocycles. The van der Waals surface area contributed by atoms with Crippen molar-refractivity contribution in [2.45, 2.75) is 6.92 Å². The van der Waals surface area contributed by atoms with Crippen molar-refractivity contribution >= 4 is 39.6 Å². The molecule has 9 heteroatoms. The minimum absolute atomic E-state index is 0.591. The Morgan fingerprint density at radius 2 is 1.39 bits per heavy atom. The van der Waals surface area contributed by atoms with Gasteiger partial charge in [-0.2, -0.15) is 8.42 Å². The standard InChI is InChI=1S/C12H8Cl2.C2H4O2.H2O4S/c13-11-8-4-7-10(12(11)14)9-5-2-1-3-6-9;1-2(3)4;1-5(2,3)4/h1-8H;1H3,(H,3,4);(H2,1,2,3,4).